The smallest absolute Gasteiger partial charge is 0.284 e. The van der Waals surface area contributed by atoms with Gasteiger partial charge in [0.05, 0.1) is 6.20 Å². The average molecular weight is 281 g/mol. The fourth-order valence-corrected chi connectivity index (χ4v) is 2.94. The summed E-state index contributed by atoms with van der Waals surface area (Å²) in [6.45, 7) is -0.457. The molecule has 0 fully saturated rings. The molecule has 2 rings (SSSR count). The van der Waals surface area contributed by atoms with Gasteiger partial charge in [0, 0.05) is 24.9 Å². The summed E-state index contributed by atoms with van der Waals surface area (Å²) in [5, 5.41) is 5.87. The van der Waals surface area contributed by atoms with Crippen molar-refractivity contribution in [2.45, 2.75) is 17.5 Å². The van der Waals surface area contributed by atoms with Gasteiger partial charge in [0.1, 0.15) is 4.90 Å². The monoisotopic (exact) mass is 281 g/mol. The van der Waals surface area contributed by atoms with Crippen LogP contribution in [0.1, 0.15) is 6.42 Å². The summed E-state index contributed by atoms with van der Waals surface area (Å²) in [5.74, 6) is 0. The summed E-state index contributed by atoms with van der Waals surface area (Å²) < 4.78 is 62.1. The Balaban J connectivity index is 2.18. The topological polar surface area (TPSA) is 66.1 Å². The molecule has 1 aliphatic rings. The second-order valence-corrected chi connectivity index (χ2v) is 5.71. The maximum atomic E-state index is 12.4. The summed E-state index contributed by atoms with van der Waals surface area (Å²) in [6, 6.07) is 0. The molecule has 0 unspecified atom stereocenters. The summed E-state index contributed by atoms with van der Waals surface area (Å²) in [4.78, 5) is -0.0497. The number of alkyl halides is 3. The van der Waals surface area contributed by atoms with Crippen LogP contribution in [0.15, 0.2) is 28.9 Å². The lowest BCUT2D eigenvalue weighted by Gasteiger charge is -2.25. The molecule has 0 saturated heterocycles. The molecule has 1 aromatic rings. The summed E-state index contributed by atoms with van der Waals surface area (Å²) in [5.41, 5.74) is -0.679. The third kappa shape index (κ3) is 2.41. The Labute approximate surface area is 101 Å². The third-order valence-corrected chi connectivity index (χ3v) is 4.48. The van der Waals surface area contributed by atoms with Crippen molar-refractivity contribution in [1.82, 2.24) is 14.5 Å². The van der Waals surface area contributed by atoms with E-state index in [9.17, 15) is 21.6 Å². The lowest BCUT2D eigenvalue weighted by molar-refractivity contribution is -0.0953. The van der Waals surface area contributed by atoms with Gasteiger partial charge >= 0.3 is 6.18 Å². The van der Waals surface area contributed by atoms with Crippen LogP contribution in [0.2, 0.25) is 0 Å². The zero-order valence-corrected chi connectivity index (χ0v) is 9.92. The van der Waals surface area contributed by atoms with Crippen molar-refractivity contribution in [3.05, 3.63) is 24.0 Å². The van der Waals surface area contributed by atoms with Crippen LogP contribution in [0.4, 0.5) is 13.2 Å². The van der Waals surface area contributed by atoms with Gasteiger partial charge in [0.2, 0.25) is 10.0 Å². The largest absolute Gasteiger partial charge is 0.412 e. The second kappa shape index (κ2) is 4.39. The highest BCUT2D eigenvalue weighted by Gasteiger charge is 2.37. The quantitative estimate of drug-likeness (QED) is 0.831. The fourth-order valence-electron chi connectivity index (χ4n) is 1.66. The van der Waals surface area contributed by atoms with Gasteiger partial charge < -0.3 is 0 Å². The first-order valence-corrected chi connectivity index (χ1v) is 6.51. The molecule has 100 valence electrons. The Kier molecular flexibility index (Phi) is 3.20. The van der Waals surface area contributed by atoms with E-state index in [1.807, 2.05) is 0 Å². The third-order valence-electron chi connectivity index (χ3n) is 2.65. The molecular formula is C9H10F3N3O2S. The van der Waals surface area contributed by atoms with Gasteiger partial charge in [-0.05, 0) is 6.42 Å². The van der Waals surface area contributed by atoms with Crippen LogP contribution in [-0.2, 0) is 10.0 Å². The maximum absolute atomic E-state index is 12.4. The van der Waals surface area contributed by atoms with Crippen molar-refractivity contribution in [3.63, 3.8) is 0 Å². The van der Waals surface area contributed by atoms with Crippen LogP contribution in [0.5, 0.6) is 0 Å². The lowest BCUT2D eigenvalue weighted by Crippen LogP contribution is -2.36. The van der Waals surface area contributed by atoms with Gasteiger partial charge in [-0.2, -0.15) is 22.6 Å². The Morgan fingerprint density at radius 3 is 2.56 bits per heavy atom. The Morgan fingerprint density at radius 2 is 2.11 bits per heavy atom. The molecule has 0 saturated carbocycles. The number of rotatable bonds is 2. The van der Waals surface area contributed by atoms with Crippen molar-refractivity contribution in [2.75, 3.05) is 13.1 Å². The van der Waals surface area contributed by atoms with Gasteiger partial charge in [0.25, 0.3) is 0 Å². The first-order valence-electron chi connectivity index (χ1n) is 5.07. The molecule has 1 aromatic heterocycles. The van der Waals surface area contributed by atoms with Crippen molar-refractivity contribution < 1.29 is 21.6 Å². The number of nitrogens with zero attached hydrogens (tertiary/aromatic N) is 2. The van der Waals surface area contributed by atoms with Gasteiger partial charge in [-0.1, -0.05) is 6.08 Å². The zero-order valence-electron chi connectivity index (χ0n) is 9.11. The molecule has 0 bridgehead atoms. The number of sulfonamides is 1. The Hall–Kier alpha value is -1.35. The van der Waals surface area contributed by atoms with Crippen LogP contribution >= 0.6 is 0 Å². The van der Waals surface area contributed by atoms with Crippen molar-refractivity contribution >= 4 is 10.0 Å². The van der Waals surface area contributed by atoms with Crippen molar-refractivity contribution in [2.24, 2.45) is 0 Å². The molecule has 0 radical (unpaired) electrons. The molecule has 0 amide bonds. The summed E-state index contributed by atoms with van der Waals surface area (Å²) >= 11 is 0. The van der Waals surface area contributed by atoms with Crippen molar-refractivity contribution in [3.8, 4) is 0 Å². The Morgan fingerprint density at radius 1 is 1.39 bits per heavy atom. The predicted molar refractivity (Wildman–Crippen MR) is 56.1 cm³/mol. The molecule has 0 spiro atoms. The molecule has 5 nitrogen and oxygen atoms in total. The standard InChI is InChI=1S/C9H10F3N3O2S/c10-9(11,12)7-1-3-15(4-2-7)18(16,17)8-5-13-14-6-8/h1,5-6H,2-4H2,(H,13,14). The van der Waals surface area contributed by atoms with E-state index in [-0.39, 0.29) is 24.4 Å². The molecule has 1 aliphatic heterocycles. The second-order valence-electron chi connectivity index (χ2n) is 3.77. The lowest BCUT2D eigenvalue weighted by atomic mass is 10.1. The zero-order chi connectivity index (χ0) is 13.4. The molecule has 2 heterocycles. The van der Waals surface area contributed by atoms with Crippen LogP contribution in [-0.4, -0.2) is 42.2 Å². The molecular weight excluding hydrogens is 271 g/mol. The SMILES string of the molecule is O=S(=O)(c1cn[nH]c1)N1CC=C(C(F)(F)F)CC1. The first kappa shape index (κ1) is 13.1. The average Bonchev–Trinajstić information content (AvgIpc) is 2.82. The minimum absolute atomic E-state index is 0.0497. The highest BCUT2D eigenvalue weighted by molar-refractivity contribution is 7.89. The summed E-state index contributed by atoms with van der Waals surface area (Å²) in [7, 11) is -3.76. The number of nitrogens with one attached hydrogen (secondary N) is 1. The highest BCUT2D eigenvalue weighted by Crippen LogP contribution is 2.31. The summed E-state index contributed by atoms with van der Waals surface area (Å²) in [6.07, 6.45) is -1.50. The van der Waals surface area contributed by atoms with E-state index in [1.54, 1.807) is 0 Å². The van der Waals surface area contributed by atoms with E-state index in [0.717, 1.165) is 16.6 Å². The maximum Gasteiger partial charge on any atom is 0.412 e. The normalized spacial score (nSPS) is 18.7. The van der Waals surface area contributed by atoms with E-state index in [2.05, 4.69) is 10.2 Å². The predicted octanol–water partition coefficient (Wildman–Crippen LogP) is 1.29. The first-order chi connectivity index (χ1) is 8.32. The van der Waals surface area contributed by atoms with E-state index in [0.29, 0.717) is 0 Å². The molecule has 0 atom stereocenters. The van der Waals surface area contributed by atoms with E-state index >= 15 is 0 Å². The van der Waals surface area contributed by atoms with E-state index in [1.165, 1.54) is 6.20 Å². The van der Waals surface area contributed by atoms with Crippen LogP contribution in [0.25, 0.3) is 0 Å². The Bertz CT molecular complexity index is 548. The molecule has 0 aromatic carbocycles. The minimum Gasteiger partial charge on any atom is -0.284 e. The number of halogens is 3. The van der Waals surface area contributed by atoms with Crippen LogP contribution in [0.3, 0.4) is 0 Å². The van der Waals surface area contributed by atoms with Gasteiger partial charge in [-0.25, -0.2) is 8.42 Å². The minimum atomic E-state index is -4.38. The number of H-pyrrole nitrogens is 1. The molecule has 9 heteroatoms. The van der Waals surface area contributed by atoms with Gasteiger partial charge in [0.15, 0.2) is 0 Å². The molecule has 1 N–H and O–H groups in total. The van der Waals surface area contributed by atoms with Crippen molar-refractivity contribution in [1.29, 1.82) is 0 Å². The van der Waals surface area contributed by atoms with Crippen LogP contribution < -0.4 is 0 Å². The fraction of sp³-hybridized carbons (Fsp3) is 0.444. The number of aromatic nitrogens is 2. The van der Waals surface area contributed by atoms with E-state index < -0.39 is 21.8 Å². The van der Waals surface area contributed by atoms with Gasteiger partial charge in [-0.3, -0.25) is 5.10 Å². The number of aromatic amines is 1. The number of hydrogen-bond donors (Lipinski definition) is 1. The van der Waals surface area contributed by atoms with E-state index in [4.69, 9.17) is 0 Å². The van der Waals surface area contributed by atoms with Gasteiger partial charge in [-0.15, -0.1) is 0 Å². The molecule has 0 aliphatic carbocycles. The molecule has 18 heavy (non-hydrogen) atoms. The number of hydrogen-bond acceptors (Lipinski definition) is 3. The highest BCUT2D eigenvalue weighted by atomic mass is 32.2. The van der Waals surface area contributed by atoms with Crippen LogP contribution in [0, 0.1) is 0 Å².